The standard InChI is InChI=1S/C10H15N/c1-3-8(2)9-4-6-10(11)7-5-9/h4-8H,3,11H2,1-2H3/t8-/m0/s1. The van der Waals surface area contributed by atoms with Crippen molar-refractivity contribution in [3.63, 3.8) is 0 Å². The van der Waals surface area contributed by atoms with Gasteiger partial charge < -0.3 is 5.73 Å². The minimum Gasteiger partial charge on any atom is -0.399 e. The monoisotopic (exact) mass is 149 g/mol. The molecular weight excluding hydrogens is 134 g/mol. The second-order valence-electron chi connectivity index (χ2n) is 2.98. The van der Waals surface area contributed by atoms with Crippen LogP contribution in [0.15, 0.2) is 24.3 Å². The maximum atomic E-state index is 5.57. The van der Waals surface area contributed by atoms with Gasteiger partial charge in [-0.05, 0) is 30.0 Å². The third-order valence-electron chi connectivity index (χ3n) is 2.12. The topological polar surface area (TPSA) is 26.0 Å². The molecule has 60 valence electrons. The summed E-state index contributed by atoms with van der Waals surface area (Å²) in [6.07, 6.45) is 1.18. The van der Waals surface area contributed by atoms with E-state index in [0.29, 0.717) is 5.92 Å². The van der Waals surface area contributed by atoms with E-state index in [0.717, 1.165) is 5.69 Å². The second kappa shape index (κ2) is 3.42. The molecule has 1 heteroatoms. The summed E-state index contributed by atoms with van der Waals surface area (Å²) >= 11 is 0. The molecule has 2 N–H and O–H groups in total. The van der Waals surface area contributed by atoms with Gasteiger partial charge in [-0.1, -0.05) is 26.0 Å². The number of anilines is 1. The van der Waals surface area contributed by atoms with Crippen LogP contribution in [0.1, 0.15) is 31.7 Å². The minimum atomic E-state index is 0.649. The van der Waals surface area contributed by atoms with Gasteiger partial charge in [-0.15, -0.1) is 0 Å². The molecule has 1 aromatic carbocycles. The number of rotatable bonds is 2. The molecule has 0 amide bonds. The van der Waals surface area contributed by atoms with Gasteiger partial charge in [0.2, 0.25) is 0 Å². The Hall–Kier alpha value is -0.980. The maximum Gasteiger partial charge on any atom is 0.0314 e. The van der Waals surface area contributed by atoms with Crippen LogP contribution in [0, 0.1) is 0 Å². The maximum absolute atomic E-state index is 5.57. The van der Waals surface area contributed by atoms with Crippen molar-refractivity contribution in [2.45, 2.75) is 26.2 Å². The lowest BCUT2D eigenvalue weighted by Gasteiger charge is -2.07. The highest BCUT2D eigenvalue weighted by molar-refractivity contribution is 5.40. The van der Waals surface area contributed by atoms with E-state index in [1.54, 1.807) is 0 Å². The fourth-order valence-corrected chi connectivity index (χ4v) is 1.06. The van der Waals surface area contributed by atoms with Crippen LogP contribution >= 0.6 is 0 Å². The summed E-state index contributed by atoms with van der Waals surface area (Å²) in [6.45, 7) is 4.42. The van der Waals surface area contributed by atoms with Crippen LogP contribution in [0.3, 0.4) is 0 Å². The summed E-state index contributed by atoms with van der Waals surface area (Å²) in [4.78, 5) is 0. The van der Waals surface area contributed by atoms with Gasteiger partial charge in [-0.25, -0.2) is 0 Å². The molecule has 0 saturated heterocycles. The Balaban J connectivity index is 2.81. The SMILES string of the molecule is CC[C@H](C)c1ccc(N)cc1. The van der Waals surface area contributed by atoms with Gasteiger partial charge in [0.15, 0.2) is 0 Å². The lowest BCUT2D eigenvalue weighted by molar-refractivity contribution is 0.734. The average Bonchev–Trinajstić information content (AvgIpc) is 2.05. The Labute approximate surface area is 68.2 Å². The van der Waals surface area contributed by atoms with Gasteiger partial charge in [0.1, 0.15) is 0 Å². The molecule has 1 rings (SSSR count). The van der Waals surface area contributed by atoms with Crippen molar-refractivity contribution >= 4 is 5.69 Å². The van der Waals surface area contributed by atoms with Crippen LogP contribution < -0.4 is 5.73 Å². The Morgan fingerprint density at radius 3 is 2.27 bits per heavy atom. The normalized spacial score (nSPS) is 12.9. The number of nitrogens with two attached hydrogens (primary N) is 1. The predicted molar refractivity (Wildman–Crippen MR) is 49.6 cm³/mol. The number of hydrogen-bond donors (Lipinski definition) is 1. The molecule has 1 aromatic rings. The Morgan fingerprint density at radius 2 is 1.82 bits per heavy atom. The first-order valence-electron chi connectivity index (χ1n) is 4.09. The zero-order valence-electron chi connectivity index (χ0n) is 7.17. The fourth-order valence-electron chi connectivity index (χ4n) is 1.06. The number of hydrogen-bond acceptors (Lipinski definition) is 1. The first-order valence-corrected chi connectivity index (χ1v) is 4.09. The molecule has 11 heavy (non-hydrogen) atoms. The van der Waals surface area contributed by atoms with Crippen LogP contribution in [-0.4, -0.2) is 0 Å². The van der Waals surface area contributed by atoms with Crippen molar-refractivity contribution in [1.29, 1.82) is 0 Å². The molecule has 0 fully saturated rings. The average molecular weight is 149 g/mol. The van der Waals surface area contributed by atoms with E-state index >= 15 is 0 Å². The summed E-state index contributed by atoms with van der Waals surface area (Å²) < 4.78 is 0. The van der Waals surface area contributed by atoms with Crippen LogP contribution in [0.4, 0.5) is 5.69 Å². The molecule has 0 unspecified atom stereocenters. The van der Waals surface area contributed by atoms with Crippen molar-refractivity contribution in [3.05, 3.63) is 29.8 Å². The highest BCUT2D eigenvalue weighted by atomic mass is 14.5. The minimum absolute atomic E-state index is 0.649. The van der Waals surface area contributed by atoms with E-state index in [4.69, 9.17) is 5.73 Å². The molecule has 0 bridgehead atoms. The third-order valence-corrected chi connectivity index (χ3v) is 2.12. The molecule has 1 atom stereocenters. The summed E-state index contributed by atoms with van der Waals surface area (Å²) in [7, 11) is 0. The molecule has 1 nitrogen and oxygen atoms in total. The quantitative estimate of drug-likeness (QED) is 0.643. The van der Waals surface area contributed by atoms with E-state index in [1.165, 1.54) is 12.0 Å². The predicted octanol–water partition coefficient (Wildman–Crippen LogP) is 2.78. The molecule has 0 aliphatic rings. The van der Waals surface area contributed by atoms with E-state index in [-0.39, 0.29) is 0 Å². The van der Waals surface area contributed by atoms with Crippen LogP contribution in [0.5, 0.6) is 0 Å². The number of nitrogen functional groups attached to an aromatic ring is 1. The zero-order chi connectivity index (χ0) is 8.27. The van der Waals surface area contributed by atoms with Gasteiger partial charge in [-0.3, -0.25) is 0 Å². The van der Waals surface area contributed by atoms with E-state index in [9.17, 15) is 0 Å². The summed E-state index contributed by atoms with van der Waals surface area (Å²) in [5, 5.41) is 0. The van der Waals surface area contributed by atoms with Crippen molar-refractivity contribution in [3.8, 4) is 0 Å². The van der Waals surface area contributed by atoms with Crippen molar-refractivity contribution in [2.24, 2.45) is 0 Å². The smallest absolute Gasteiger partial charge is 0.0314 e. The molecule has 0 aromatic heterocycles. The Morgan fingerprint density at radius 1 is 1.27 bits per heavy atom. The second-order valence-corrected chi connectivity index (χ2v) is 2.98. The van der Waals surface area contributed by atoms with Gasteiger partial charge >= 0.3 is 0 Å². The van der Waals surface area contributed by atoms with Crippen molar-refractivity contribution in [1.82, 2.24) is 0 Å². The molecule has 0 heterocycles. The number of benzene rings is 1. The van der Waals surface area contributed by atoms with E-state index in [1.807, 2.05) is 12.1 Å². The van der Waals surface area contributed by atoms with Crippen molar-refractivity contribution < 1.29 is 0 Å². The molecule has 0 radical (unpaired) electrons. The summed E-state index contributed by atoms with van der Waals surface area (Å²) in [5.74, 6) is 0.649. The first kappa shape index (κ1) is 8.12. The molecule has 0 spiro atoms. The summed E-state index contributed by atoms with van der Waals surface area (Å²) in [5.41, 5.74) is 7.79. The van der Waals surface area contributed by atoms with Crippen LogP contribution in [-0.2, 0) is 0 Å². The fraction of sp³-hybridized carbons (Fsp3) is 0.400. The van der Waals surface area contributed by atoms with Crippen LogP contribution in [0.2, 0.25) is 0 Å². The Kier molecular flexibility index (Phi) is 2.53. The summed E-state index contributed by atoms with van der Waals surface area (Å²) in [6, 6.07) is 8.12. The molecular formula is C10H15N. The lowest BCUT2D eigenvalue weighted by atomic mass is 9.99. The molecule has 0 saturated carbocycles. The first-order chi connectivity index (χ1) is 5.24. The van der Waals surface area contributed by atoms with Gasteiger partial charge in [0, 0.05) is 5.69 Å². The highest BCUT2D eigenvalue weighted by Crippen LogP contribution is 2.18. The lowest BCUT2D eigenvalue weighted by Crippen LogP contribution is -1.91. The Bertz CT molecular complexity index is 213. The van der Waals surface area contributed by atoms with Gasteiger partial charge in [0.05, 0.1) is 0 Å². The molecule has 0 aliphatic heterocycles. The van der Waals surface area contributed by atoms with E-state index < -0.39 is 0 Å². The van der Waals surface area contributed by atoms with Crippen LogP contribution in [0.25, 0.3) is 0 Å². The zero-order valence-corrected chi connectivity index (χ0v) is 7.17. The van der Waals surface area contributed by atoms with Crippen molar-refractivity contribution in [2.75, 3.05) is 5.73 Å². The third kappa shape index (κ3) is 1.97. The molecule has 0 aliphatic carbocycles. The van der Waals surface area contributed by atoms with Gasteiger partial charge in [-0.2, -0.15) is 0 Å². The largest absolute Gasteiger partial charge is 0.399 e. The highest BCUT2D eigenvalue weighted by Gasteiger charge is 2.00. The van der Waals surface area contributed by atoms with Gasteiger partial charge in [0.25, 0.3) is 0 Å². The van der Waals surface area contributed by atoms with E-state index in [2.05, 4.69) is 26.0 Å².